The quantitative estimate of drug-likeness (QED) is 0.330. The van der Waals surface area contributed by atoms with Crippen LogP contribution in [0.15, 0.2) is 18.2 Å². The van der Waals surface area contributed by atoms with Crippen molar-refractivity contribution in [2.75, 3.05) is 19.8 Å². The fraction of sp³-hybridized carbons (Fsp3) is 0.565. The Hall–Kier alpha value is -3.49. The van der Waals surface area contributed by atoms with Crippen LogP contribution in [0.2, 0.25) is 5.02 Å². The number of carbonyl (C=O) groups excluding carboxylic acids is 4. The Bertz CT molecular complexity index is 1050. The van der Waals surface area contributed by atoms with Gasteiger partial charge in [-0.2, -0.15) is 13.2 Å². The highest BCUT2D eigenvalue weighted by atomic mass is 35.5. The molecule has 218 valence electrons. The first-order valence-electron chi connectivity index (χ1n) is 11.7. The lowest BCUT2D eigenvalue weighted by Gasteiger charge is -2.39. The second-order valence-electron chi connectivity index (χ2n) is 9.47. The number of benzene rings is 1. The normalized spacial score (nSPS) is 17.6. The van der Waals surface area contributed by atoms with Gasteiger partial charge in [0.1, 0.15) is 29.8 Å². The van der Waals surface area contributed by atoms with E-state index >= 15 is 0 Å². The molecule has 0 saturated carbocycles. The number of hydrogen-bond acceptors (Lipinski definition) is 7. The van der Waals surface area contributed by atoms with Gasteiger partial charge in [0, 0.05) is 18.7 Å². The summed E-state index contributed by atoms with van der Waals surface area (Å²) >= 11 is 5.61. The average molecular weight is 585 g/mol. The number of piperidine rings is 1. The average Bonchev–Trinajstić information content (AvgIpc) is 2.81. The Kier molecular flexibility index (Phi) is 11.0. The Morgan fingerprint density at radius 3 is 2.41 bits per heavy atom. The third kappa shape index (κ3) is 11.4. The van der Waals surface area contributed by atoms with E-state index in [4.69, 9.17) is 21.1 Å². The SMILES string of the molecule is CC(C)(C)OC(=O)N1C[C@@H](NC(=O)COc2ccc(Cl)c(F)c2)CC[C@@H]1C(=O)NNC(=O)OCCC(F)(F)F. The third-order valence-electron chi connectivity index (χ3n) is 5.05. The van der Waals surface area contributed by atoms with E-state index in [0.29, 0.717) is 0 Å². The van der Waals surface area contributed by atoms with E-state index < -0.39 is 73.3 Å². The molecule has 1 fully saturated rings. The molecule has 1 aliphatic heterocycles. The number of likely N-dealkylation sites (tertiary alicyclic amines) is 1. The van der Waals surface area contributed by atoms with Crippen molar-refractivity contribution in [1.29, 1.82) is 0 Å². The largest absolute Gasteiger partial charge is 0.484 e. The van der Waals surface area contributed by atoms with Gasteiger partial charge in [0.15, 0.2) is 6.61 Å². The zero-order valence-corrected chi connectivity index (χ0v) is 22.1. The highest BCUT2D eigenvalue weighted by Crippen LogP contribution is 2.23. The predicted molar refractivity (Wildman–Crippen MR) is 128 cm³/mol. The molecule has 0 spiro atoms. The van der Waals surface area contributed by atoms with Crippen LogP contribution in [0, 0.1) is 5.82 Å². The predicted octanol–water partition coefficient (Wildman–Crippen LogP) is 3.45. The van der Waals surface area contributed by atoms with Crippen LogP contribution in [-0.4, -0.2) is 72.5 Å². The molecule has 0 radical (unpaired) electrons. The number of ether oxygens (including phenoxy) is 3. The number of hydrazine groups is 1. The van der Waals surface area contributed by atoms with E-state index in [0.717, 1.165) is 11.0 Å². The monoisotopic (exact) mass is 584 g/mol. The molecule has 2 rings (SSSR count). The molecule has 11 nitrogen and oxygen atoms in total. The van der Waals surface area contributed by atoms with Crippen LogP contribution in [0.4, 0.5) is 27.2 Å². The molecule has 0 aliphatic carbocycles. The summed E-state index contributed by atoms with van der Waals surface area (Å²) < 4.78 is 65.0. The van der Waals surface area contributed by atoms with Gasteiger partial charge in [-0.05, 0) is 45.7 Å². The maximum absolute atomic E-state index is 13.5. The van der Waals surface area contributed by atoms with Gasteiger partial charge in [0.05, 0.1) is 11.4 Å². The number of rotatable bonds is 7. The lowest BCUT2D eigenvalue weighted by atomic mass is 9.98. The molecule has 2 atom stereocenters. The second kappa shape index (κ2) is 13.5. The first-order valence-corrected chi connectivity index (χ1v) is 12.1. The van der Waals surface area contributed by atoms with Crippen molar-refractivity contribution in [2.45, 2.75) is 63.9 Å². The van der Waals surface area contributed by atoms with Gasteiger partial charge in [-0.1, -0.05) is 11.6 Å². The molecule has 39 heavy (non-hydrogen) atoms. The van der Waals surface area contributed by atoms with Gasteiger partial charge >= 0.3 is 18.4 Å². The molecule has 1 aromatic rings. The van der Waals surface area contributed by atoms with Crippen LogP contribution in [-0.2, 0) is 19.1 Å². The number of carbonyl (C=O) groups is 4. The summed E-state index contributed by atoms with van der Waals surface area (Å²) in [5.74, 6) is -2.08. The van der Waals surface area contributed by atoms with Crippen LogP contribution in [0.3, 0.4) is 0 Å². The fourth-order valence-electron chi connectivity index (χ4n) is 3.36. The third-order valence-corrected chi connectivity index (χ3v) is 5.35. The van der Waals surface area contributed by atoms with Gasteiger partial charge in [-0.3, -0.25) is 19.9 Å². The molecule has 0 bridgehead atoms. The molecule has 1 heterocycles. The molecule has 1 aromatic carbocycles. The van der Waals surface area contributed by atoms with Crippen molar-refractivity contribution in [3.05, 3.63) is 29.0 Å². The van der Waals surface area contributed by atoms with Gasteiger partial charge in [-0.25, -0.2) is 19.4 Å². The first-order chi connectivity index (χ1) is 18.0. The minimum atomic E-state index is -4.52. The first kappa shape index (κ1) is 31.7. The van der Waals surface area contributed by atoms with Crippen molar-refractivity contribution in [1.82, 2.24) is 21.1 Å². The van der Waals surface area contributed by atoms with E-state index in [1.807, 2.05) is 10.9 Å². The van der Waals surface area contributed by atoms with Crippen LogP contribution >= 0.6 is 11.6 Å². The highest BCUT2D eigenvalue weighted by molar-refractivity contribution is 6.30. The van der Waals surface area contributed by atoms with Gasteiger partial charge in [-0.15, -0.1) is 0 Å². The van der Waals surface area contributed by atoms with Crippen molar-refractivity contribution >= 4 is 35.6 Å². The van der Waals surface area contributed by atoms with Crippen molar-refractivity contribution in [3.63, 3.8) is 0 Å². The number of nitrogens with one attached hydrogen (secondary N) is 3. The summed E-state index contributed by atoms with van der Waals surface area (Å²) in [6.07, 6.45) is -7.82. The standard InChI is InChI=1S/C23H29ClF4N4O7/c1-22(2,3)39-21(36)32-11-13(29-18(33)12-38-14-5-6-15(24)16(25)10-14)4-7-17(32)19(34)30-31-20(35)37-9-8-23(26,27)28/h5-6,10,13,17H,4,7-9,11-12H2,1-3H3,(H,29,33)(H,30,34)(H,31,35)/t13-,17+/m0/s1. The fourth-order valence-corrected chi connectivity index (χ4v) is 3.48. The lowest BCUT2D eigenvalue weighted by molar-refractivity contribution is -0.141. The molecule has 16 heteroatoms. The molecule has 0 unspecified atom stereocenters. The minimum Gasteiger partial charge on any atom is -0.484 e. The highest BCUT2D eigenvalue weighted by Gasteiger charge is 2.39. The van der Waals surface area contributed by atoms with Crippen LogP contribution in [0.25, 0.3) is 0 Å². The van der Waals surface area contributed by atoms with E-state index in [1.165, 1.54) is 12.1 Å². The molecule has 0 aromatic heterocycles. The molecule has 1 saturated heterocycles. The maximum atomic E-state index is 13.5. The Morgan fingerprint density at radius 1 is 1.10 bits per heavy atom. The van der Waals surface area contributed by atoms with Crippen molar-refractivity contribution in [3.8, 4) is 5.75 Å². The van der Waals surface area contributed by atoms with Crippen LogP contribution in [0.1, 0.15) is 40.0 Å². The van der Waals surface area contributed by atoms with E-state index in [2.05, 4.69) is 10.1 Å². The summed E-state index contributed by atoms with van der Waals surface area (Å²) in [5, 5.41) is 2.55. The summed E-state index contributed by atoms with van der Waals surface area (Å²) in [4.78, 5) is 50.5. The maximum Gasteiger partial charge on any atom is 0.426 e. The topological polar surface area (TPSA) is 135 Å². The molecule has 3 N–H and O–H groups in total. The number of hydrogen-bond donors (Lipinski definition) is 3. The number of alkyl halides is 3. The van der Waals surface area contributed by atoms with Crippen LogP contribution in [0.5, 0.6) is 5.75 Å². The number of halogens is 5. The number of nitrogens with zero attached hydrogens (tertiary/aromatic N) is 1. The van der Waals surface area contributed by atoms with E-state index in [-0.39, 0.29) is 30.2 Å². The summed E-state index contributed by atoms with van der Waals surface area (Å²) in [7, 11) is 0. The van der Waals surface area contributed by atoms with E-state index in [1.54, 1.807) is 20.8 Å². The Labute approximate surface area is 226 Å². The van der Waals surface area contributed by atoms with Gasteiger partial charge in [0.2, 0.25) is 0 Å². The van der Waals surface area contributed by atoms with Gasteiger partial charge in [0.25, 0.3) is 11.8 Å². The summed E-state index contributed by atoms with van der Waals surface area (Å²) in [6, 6.07) is 1.92. The molecule has 1 aliphatic rings. The number of amides is 4. The lowest BCUT2D eigenvalue weighted by Crippen LogP contribution is -2.60. The van der Waals surface area contributed by atoms with Crippen molar-refractivity contribution in [2.24, 2.45) is 0 Å². The smallest absolute Gasteiger partial charge is 0.426 e. The Morgan fingerprint density at radius 2 is 1.79 bits per heavy atom. The molecular formula is C23H29ClF4N4O7. The Balaban J connectivity index is 1.96. The zero-order valence-electron chi connectivity index (χ0n) is 21.3. The van der Waals surface area contributed by atoms with Crippen LogP contribution < -0.4 is 20.9 Å². The molecule has 4 amide bonds. The second-order valence-corrected chi connectivity index (χ2v) is 9.88. The van der Waals surface area contributed by atoms with Crippen molar-refractivity contribution < 1.29 is 51.0 Å². The summed E-state index contributed by atoms with van der Waals surface area (Å²) in [6.45, 7) is 3.27. The summed E-state index contributed by atoms with van der Waals surface area (Å²) in [5.41, 5.74) is 2.92. The van der Waals surface area contributed by atoms with E-state index in [9.17, 15) is 36.7 Å². The zero-order chi connectivity index (χ0) is 29.4. The molecular weight excluding hydrogens is 556 g/mol. The minimum absolute atomic E-state index is 0.0318. The van der Waals surface area contributed by atoms with Gasteiger partial charge < -0.3 is 19.5 Å².